The average molecular weight is 497 g/mol. The third-order valence-corrected chi connectivity index (χ3v) is 7.02. The van der Waals surface area contributed by atoms with Gasteiger partial charge in [-0.15, -0.1) is 0 Å². The molecule has 1 amide bonds. The van der Waals surface area contributed by atoms with Crippen LogP contribution in [-0.4, -0.2) is 51.2 Å². The number of hydrogen-bond donors (Lipinski definition) is 0. The molecule has 0 N–H and O–H groups in total. The number of hydrogen-bond acceptors (Lipinski definition) is 5. The first kappa shape index (κ1) is 24.5. The summed E-state index contributed by atoms with van der Waals surface area (Å²) in [5.74, 6) is 1.50. The Bertz CT molecular complexity index is 1440. The Kier molecular flexibility index (Phi) is 6.91. The molecule has 0 spiro atoms. The summed E-state index contributed by atoms with van der Waals surface area (Å²) in [7, 11) is 3.29. The number of benzene rings is 3. The van der Waals surface area contributed by atoms with Gasteiger partial charge in [-0.3, -0.25) is 4.79 Å². The Hall–Kier alpha value is -4.19. The molecule has 0 unspecified atom stereocenters. The van der Waals surface area contributed by atoms with Crippen molar-refractivity contribution < 1.29 is 18.7 Å². The first-order valence-corrected chi connectivity index (χ1v) is 12.5. The summed E-state index contributed by atoms with van der Waals surface area (Å²) in [6.45, 7) is 7.07. The molecule has 190 valence electrons. The minimum absolute atomic E-state index is 0.0195. The number of methoxy groups -OCH3 is 2. The van der Waals surface area contributed by atoms with Gasteiger partial charge in [0.15, 0.2) is 0 Å². The van der Waals surface area contributed by atoms with Crippen molar-refractivity contribution in [2.24, 2.45) is 0 Å². The number of anilines is 1. The maximum Gasteiger partial charge on any atom is 0.246 e. The number of amides is 1. The van der Waals surface area contributed by atoms with Gasteiger partial charge >= 0.3 is 0 Å². The lowest BCUT2D eigenvalue weighted by Crippen LogP contribution is -2.48. The molecule has 1 fully saturated rings. The molecule has 37 heavy (non-hydrogen) atoms. The Morgan fingerprint density at radius 1 is 0.946 bits per heavy atom. The summed E-state index contributed by atoms with van der Waals surface area (Å²) < 4.78 is 16.8. The van der Waals surface area contributed by atoms with Crippen LogP contribution in [0.3, 0.4) is 0 Å². The van der Waals surface area contributed by atoms with E-state index in [1.807, 2.05) is 48.2 Å². The predicted octanol–water partition coefficient (Wildman–Crippen LogP) is 6.18. The number of carbonyl (C=O) groups is 1. The van der Waals surface area contributed by atoms with E-state index in [2.05, 4.69) is 36.1 Å². The van der Waals surface area contributed by atoms with Gasteiger partial charge in [0.05, 0.1) is 20.5 Å². The molecular formula is C31H32N2O4. The summed E-state index contributed by atoms with van der Waals surface area (Å²) in [4.78, 5) is 17.5. The zero-order valence-electron chi connectivity index (χ0n) is 21.8. The molecule has 0 aliphatic carbocycles. The van der Waals surface area contributed by atoms with Crippen molar-refractivity contribution in [3.05, 3.63) is 84.1 Å². The van der Waals surface area contributed by atoms with Crippen molar-refractivity contribution >= 4 is 28.1 Å². The van der Waals surface area contributed by atoms with Crippen molar-refractivity contribution in [1.82, 2.24) is 4.90 Å². The van der Waals surface area contributed by atoms with Crippen LogP contribution in [0.1, 0.15) is 18.1 Å². The van der Waals surface area contributed by atoms with E-state index in [1.165, 1.54) is 11.3 Å². The number of furan rings is 1. The first-order chi connectivity index (χ1) is 18.0. The highest BCUT2D eigenvalue weighted by molar-refractivity contribution is 6.00. The number of fused-ring (bicyclic) bond motifs is 1. The van der Waals surface area contributed by atoms with Gasteiger partial charge in [-0.05, 0) is 60.9 Å². The monoisotopic (exact) mass is 496 g/mol. The van der Waals surface area contributed by atoms with E-state index in [1.54, 1.807) is 26.6 Å². The van der Waals surface area contributed by atoms with E-state index in [-0.39, 0.29) is 5.91 Å². The van der Waals surface area contributed by atoms with E-state index in [9.17, 15) is 4.79 Å². The van der Waals surface area contributed by atoms with Crippen LogP contribution in [0.5, 0.6) is 11.5 Å². The fourth-order valence-corrected chi connectivity index (χ4v) is 4.89. The van der Waals surface area contributed by atoms with E-state index in [0.29, 0.717) is 18.8 Å². The van der Waals surface area contributed by atoms with Crippen molar-refractivity contribution in [2.45, 2.75) is 13.8 Å². The second kappa shape index (κ2) is 10.4. The number of nitrogens with zero attached hydrogens (tertiary/aromatic N) is 2. The highest BCUT2D eigenvalue weighted by atomic mass is 16.5. The standard InChI is InChI=1S/C31H32N2O4/c1-21-6-5-7-24(16-21)32-12-14-33(15-13-32)31(34)17-22(2)26-18-27-28(20-37-30(27)19-29(26)36-4)23-8-10-25(35-3)11-9-23/h5-11,16-20H,12-15H2,1-4H3/b22-17+. The molecule has 0 radical (unpaired) electrons. The zero-order chi connectivity index (χ0) is 25.9. The van der Waals surface area contributed by atoms with Gasteiger partial charge in [0.1, 0.15) is 17.1 Å². The minimum atomic E-state index is 0.0195. The molecule has 4 aromatic rings. The van der Waals surface area contributed by atoms with Crippen molar-refractivity contribution in [3.8, 4) is 22.6 Å². The molecule has 1 aliphatic rings. The van der Waals surface area contributed by atoms with Crippen LogP contribution in [0.15, 0.2) is 77.4 Å². The number of allylic oxidation sites excluding steroid dienone is 1. The number of aryl methyl sites for hydroxylation is 1. The Morgan fingerprint density at radius 3 is 2.38 bits per heavy atom. The molecule has 6 nitrogen and oxygen atoms in total. The van der Waals surface area contributed by atoms with Gasteiger partial charge in [-0.1, -0.05) is 24.3 Å². The summed E-state index contributed by atoms with van der Waals surface area (Å²) in [6.07, 6.45) is 3.48. The lowest BCUT2D eigenvalue weighted by Gasteiger charge is -2.36. The second-order valence-corrected chi connectivity index (χ2v) is 9.41. The normalized spacial score (nSPS) is 14.2. The quantitative estimate of drug-likeness (QED) is 0.299. The topological polar surface area (TPSA) is 55.2 Å². The smallest absolute Gasteiger partial charge is 0.246 e. The third kappa shape index (κ3) is 5.05. The highest BCUT2D eigenvalue weighted by Crippen LogP contribution is 2.37. The van der Waals surface area contributed by atoms with Crippen LogP contribution < -0.4 is 14.4 Å². The third-order valence-electron chi connectivity index (χ3n) is 7.02. The number of carbonyl (C=O) groups excluding carboxylic acids is 1. The summed E-state index contributed by atoms with van der Waals surface area (Å²) in [5, 5.41) is 0.966. The molecule has 1 aliphatic heterocycles. The zero-order valence-corrected chi connectivity index (χ0v) is 21.8. The van der Waals surface area contributed by atoms with Crippen molar-refractivity contribution in [1.29, 1.82) is 0 Å². The molecule has 2 heterocycles. The minimum Gasteiger partial charge on any atom is -0.497 e. The van der Waals surface area contributed by atoms with Crippen LogP contribution in [0.2, 0.25) is 0 Å². The number of ether oxygens (including phenoxy) is 2. The second-order valence-electron chi connectivity index (χ2n) is 9.41. The number of rotatable bonds is 6. The number of piperazine rings is 1. The molecule has 0 bridgehead atoms. The summed E-state index contributed by atoms with van der Waals surface area (Å²) in [6, 6.07) is 20.3. The fraction of sp³-hybridized carbons (Fsp3) is 0.258. The Balaban J connectivity index is 1.37. The van der Waals surface area contributed by atoms with Crippen molar-refractivity contribution in [2.75, 3.05) is 45.3 Å². The maximum absolute atomic E-state index is 13.2. The van der Waals surface area contributed by atoms with Gasteiger partial charge < -0.3 is 23.7 Å². The molecule has 1 aromatic heterocycles. The molecule has 0 saturated carbocycles. The average Bonchev–Trinajstić information content (AvgIpc) is 3.35. The lowest BCUT2D eigenvalue weighted by atomic mass is 9.99. The molecule has 0 atom stereocenters. The van der Waals surface area contributed by atoms with Crippen molar-refractivity contribution in [3.63, 3.8) is 0 Å². The van der Waals surface area contributed by atoms with Gasteiger partial charge in [0, 0.05) is 60.5 Å². The largest absolute Gasteiger partial charge is 0.497 e. The van der Waals surface area contributed by atoms with Crippen LogP contribution in [0.4, 0.5) is 5.69 Å². The Labute approximate surface area is 217 Å². The van der Waals surface area contributed by atoms with E-state index < -0.39 is 0 Å². The SMILES string of the molecule is COc1ccc(-c2coc3cc(OC)c(/C(C)=C/C(=O)N4CCN(c5cccc(C)c5)CC4)cc23)cc1. The van der Waals surface area contributed by atoms with E-state index in [0.717, 1.165) is 52.1 Å². The van der Waals surface area contributed by atoms with Crippen LogP contribution in [0.25, 0.3) is 27.7 Å². The highest BCUT2D eigenvalue weighted by Gasteiger charge is 2.21. The van der Waals surface area contributed by atoms with Gasteiger partial charge in [0.25, 0.3) is 0 Å². The maximum atomic E-state index is 13.2. The van der Waals surface area contributed by atoms with Gasteiger partial charge in [0.2, 0.25) is 5.91 Å². The molecular weight excluding hydrogens is 464 g/mol. The van der Waals surface area contributed by atoms with E-state index >= 15 is 0 Å². The molecule has 1 saturated heterocycles. The van der Waals surface area contributed by atoms with Gasteiger partial charge in [-0.25, -0.2) is 0 Å². The van der Waals surface area contributed by atoms with Crippen LogP contribution in [-0.2, 0) is 4.79 Å². The summed E-state index contributed by atoms with van der Waals surface area (Å²) >= 11 is 0. The molecule has 5 rings (SSSR count). The molecule has 6 heteroatoms. The first-order valence-electron chi connectivity index (χ1n) is 12.5. The van der Waals surface area contributed by atoms with Gasteiger partial charge in [-0.2, -0.15) is 0 Å². The van der Waals surface area contributed by atoms with Crippen LogP contribution in [0, 0.1) is 6.92 Å². The summed E-state index contributed by atoms with van der Waals surface area (Å²) in [5.41, 5.74) is 6.92. The molecule has 3 aromatic carbocycles. The Morgan fingerprint density at radius 2 is 1.70 bits per heavy atom. The lowest BCUT2D eigenvalue weighted by molar-refractivity contribution is -0.126. The van der Waals surface area contributed by atoms with E-state index in [4.69, 9.17) is 13.9 Å². The predicted molar refractivity (Wildman–Crippen MR) is 148 cm³/mol. The van der Waals surface area contributed by atoms with Crippen LogP contribution >= 0.6 is 0 Å². The fourth-order valence-electron chi connectivity index (χ4n) is 4.89.